The van der Waals surface area contributed by atoms with Crippen molar-refractivity contribution in [2.75, 3.05) is 0 Å². The highest BCUT2D eigenvalue weighted by Gasteiger charge is 2.12. The van der Waals surface area contributed by atoms with Crippen LogP contribution in [0.4, 0.5) is 0 Å². The van der Waals surface area contributed by atoms with E-state index in [0.29, 0.717) is 17.0 Å². The summed E-state index contributed by atoms with van der Waals surface area (Å²) >= 11 is 0. The first-order valence-electron chi connectivity index (χ1n) is 7.24. The van der Waals surface area contributed by atoms with Gasteiger partial charge in [0, 0.05) is 17.7 Å². The van der Waals surface area contributed by atoms with E-state index in [9.17, 15) is 9.59 Å². The van der Waals surface area contributed by atoms with Crippen LogP contribution in [-0.2, 0) is 4.79 Å². The zero-order valence-corrected chi connectivity index (χ0v) is 12.8. The van der Waals surface area contributed by atoms with Crippen molar-refractivity contribution in [1.29, 1.82) is 0 Å². The minimum Gasteiger partial charge on any atom is -0.478 e. The number of carbonyl (C=O) groups excluding carboxylic acids is 1. The molecule has 0 radical (unpaired) electrons. The van der Waals surface area contributed by atoms with Crippen LogP contribution >= 0.6 is 0 Å². The number of benzene rings is 1. The highest BCUT2D eigenvalue weighted by molar-refractivity contribution is 5.95. The Morgan fingerprint density at radius 1 is 1.33 bits per heavy atom. The molecule has 2 unspecified atom stereocenters. The third-order valence-electron chi connectivity index (χ3n) is 3.40. The number of amides is 1. The van der Waals surface area contributed by atoms with Crippen molar-refractivity contribution < 1.29 is 14.7 Å². The molecular formula is C17H23NO3. The van der Waals surface area contributed by atoms with Gasteiger partial charge >= 0.3 is 5.97 Å². The van der Waals surface area contributed by atoms with Gasteiger partial charge in [-0.25, -0.2) is 4.79 Å². The number of hydrogen-bond donors (Lipinski definition) is 2. The molecule has 1 amide bonds. The number of aliphatic carboxylic acids is 1. The number of carboxylic acid groups (broad SMARTS) is 1. The maximum atomic E-state index is 12.2. The van der Waals surface area contributed by atoms with Crippen molar-refractivity contribution in [3.05, 3.63) is 41.5 Å². The molecule has 0 aromatic heterocycles. The summed E-state index contributed by atoms with van der Waals surface area (Å²) in [6.07, 6.45) is 4.57. The van der Waals surface area contributed by atoms with Crippen molar-refractivity contribution in [1.82, 2.24) is 5.32 Å². The molecule has 0 aliphatic heterocycles. The van der Waals surface area contributed by atoms with Crippen LogP contribution in [-0.4, -0.2) is 23.0 Å². The summed E-state index contributed by atoms with van der Waals surface area (Å²) in [5.74, 6) is -0.562. The van der Waals surface area contributed by atoms with Gasteiger partial charge in [0.1, 0.15) is 0 Å². The molecule has 21 heavy (non-hydrogen) atoms. The predicted molar refractivity (Wildman–Crippen MR) is 84.1 cm³/mol. The lowest BCUT2D eigenvalue weighted by Crippen LogP contribution is -2.33. The normalized spacial score (nSPS) is 13.9. The Morgan fingerprint density at radius 2 is 2.05 bits per heavy atom. The molecule has 0 saturated heterocycles. The van der Waals surface area contributed by atoms with E-state index in [4.69, 9.17) is 5.11 Å². The first kappa shape index (κ1) is 17.0. The van der Waals surface area contributed by atoms with Gasteiger partial charge in [0.25, 0.3) is 5.91 Å². The molecule has 0 spiro atoms. The third-order valence-corrected chi connectivity index (χ3v) is 3.40. The molecule has 1 rings (SSSR count). The molecule has 0 aliphatic rings. The Kier molecular flexibility index (Phi) is 6.66. The summed E-state index contributed by atoms with van der Waals surface area (Å²) < 4.78 is 0. The number of nitrogens with one attached hydrogen (secondary N) is 1. The quantitative estimate of drug-likeness (QED) is 0.757. The second kappa shape index (κ2) is 8.25. The lowest BCUT2D eigenvalue weighted by Gasteiger charge is -2.17. The number of hydrogen-bond acceptors (Lipinski definition) is 2. The van der Waals surface area contributed by atoms with E-state index >= 15 is 0 Å². The number of carbonyl (C=O) groups is 2. The van der Waals surface area contributed by atoms with E-state index < -0.39 is 5.97 Å². The summed E-state index contributed by atoms with van der Waals surface area (Å²) in [7, 11) is 0. The van der Waals surface area contributed by atoms with Gasteiger partial charge in [-0.05, 0) is 43.0 Å². The van der Waals surface area contributed by atoms with Gasteiger partial charge in [-0.1, -0.05) is 32.4 Å². The zero-order chi connectivity index (χ0) is 15.8. The summed E-state index contributed by atoms with van der Waals surface area (Å²) in [6.45, 7) is 6.30. The first-order chi connectivity index (χ1) is 9.92. The molecule has 114 valence electrons. The minimum absolute atomic E-state index is 0.116. The van der Waals surface area contributed by atoms with E-state index in [1.54, 1.807) is 24.3 Å². The largest absolute Gasteiger partial charge is 0.478 e. The summed E-state index contributed by atoms with van der Waals surface area (Å²) in [5.41, 5.74) is 1.23. The molecule has 0 fully saturated rings. The van der Waals surface area contributed by atoms with Gasteiger partial charge in [0.15, 0.2) is 0 Å². The average Bonchev–Trinajstić information content (AvgIpc) is 2.45. The molecule has 2 N–H and O–H groups in total. The molecule has 1 aromatic carbocycles. The monoisotopic (exact) mass is 289 g/mol. The van der Waals surface area contributed by atoms with Gasteiger partial charge in [-0.3, -0.25) is 4.79 Å². The van der Waals surface area contributed by atoms with Crippen LogP contribution < -0.4 is 5.32 Å². The maximum Gasteiger partial charge on any atom is 0.328 e. The van der Waals surface area contributed by atoms with Crippen molar-refractivity contribution >= 4 is 18.0 Å². The van der Waals surface area contributed by atoms with Crippen LogP contribution in [0.15, 0.2) is 30.3 Å². The van der Waals surface area contributed by atoms with Crippen LogP contribution in [0.2, 0.25) is 0 Å². The van der Waals surface area contributed by atoms with Crippen LogP contribution in [0.1, 0.15) is 49.5 Å². The van der Waals surface area contributed by atoms with Gasteiger partial charge in [-0.15, -0.1) is 0 Å². The average molecular weight is 289 g/mol. The predicted octanol–water partition coefficient (Wildman–Crippen LogP) is 3.34. The standard InChI is InChI=1S/C17H23NO3/c1-4-12(2)10-13(3)18-17(21)15-7-5-6-14(11-15)8-9-16(19)20/h5-9,11-13H,4,10H2,1-3H3,(H,18,21)(H,19,20). The third kappa shape index (κ3) is 6.25. The smallest absolute Gasteiger partial charge is 0.328 e. The van der Waals surface area contributed by atoms with Crippen LogP contribution in [0.3, 0.4) is 0 Å². The zero-order valence-electron chi connectivity index (χ0n) is 12.8. The summed E-state index contributed by atoms with van der Waals surface area (Å²) in [6, 6.07) is 7.04. The number of carboxylic acids is 1. The van der Waals surface area contributed by atoms with E-state index in [1.807, 2.05) is 6.92 Å². The van der Waals surface area contributed by atoms with Crippen molar-refractivity contribution in [2.24, 2.45) is 5.92 Å². The molecule has 1 aromatic rings. The van der Waals surface area contributed by atoms with Crippen LogP contribution in [0.5, 0.6) is 0 Å². The van der Waals surface area contributed by atoms with Crippen molar-refractivity contribution in [3.63, 3.8) is 0 Å². The Hall–Kier alpha value is -2.10. The van der Waals surface area contributed by atoms with Gasteiger partial charge in [0.2, 0.25) is 0 Å². The summed E-state index contributed by atoms with van der Waals surface area (Å²) in [5, 5.41) is 11.6. The molecule has 0 aliphatic carbocycles. The van der Waals surface area contributed by atoms with Crippen LogP contribution in [0, 0.1) is 5.92 Å². The Labute approximate surface area is 125 Å². The molecule has 4 nitrogen and oxygen atoms in total. The second-order valence-electron chi connectivity index (χ2n) is 5.42. The Balaban J connectivity index is 2.70. The van der Waals surface area contributed by atoms with Gasteiger partial charge < -0.3 is 10.4 Å². The highest BCUT2D eigenvalue weighted by Crippen LogP contribution is 2.11. The fourth-order valence-electron chi connectivity index (χ4n) is 2.09. The van der Waals surface area contributed by atoms with Crippen molar-refractivity contribution in [2.45, 2.75) is 39.7 Å². The van der Waals surface area contributed by atoms with E-state index in [1.165, 1.54) is 6.08 Å². The van der Waals surface area contributed by atoms with E-state index in [0.717, 1.165) is 18.9 Å². The Bertz CT molecular complexity index is 523. The number of rotatable bonds is 7. The topological polar surface area (TPSA) is 66.4 Å². The fourth-order valence-corrected chi connectivity index (χ4v) is 2.09. The minimum atomic E-state index is -1.01. The Morgan fingerprint density at radius 3 is 2.67 bits per heavy atom. The van der Waals surface area contributed by atoms with Crippen LogP contribution in [0.25, 0.3) is 6.08 Å². The van der Waals surface area contributed by atoms with E-state index in [-0.39, 0.29) is 11.9 Å². The highest BCUT2D eigenvalue weighted by atomic mass is 16.4. The second-order valence-corrected chi connectivity index (χ2v) is 5.42. The lowest BCUT2D eigenvalue weighted by atomic mass is 10.00. The molecule has 0 bridgehead atoms. The van der Waals surface area contributed by atoms with Gasteiger partial charge in [0.05, 0.1) is 0 Å². The fraction of sp³-hybridized carbons (Fsp3) is 0.412. The molecule has 2 atom stereocenters. The summed E-state index contributed by atoms with van der Waals surface area (Å²) in [4.78, 5) is 22.7. The molecule has 4 heteroatoms. The molecule has 0 saturated carbocycles. The maximum absolute atomic E-state index is 12.2. The SMILES string of the molecule is CCC(C)CC(C)NC(=O)c1cccc(C=CC(=O)O)c1. The van der Waals surface area contributed by atoms with Crippen molar-refractivity contribution in [3.8, 4) is 0 Å². The van der Waals surface area contributed by atoms with Gasteiger partial charge in [-0.2, -0.15) is 0 Å². The van der Waals surface area contributed by atoms with E-state index in [2.05, 4.69) is 19.2 Å². The molecular weight excluding hydrogens is 266 g/mol. The first-order valence-corrected chi connectivity index (χ1v) is 7.24. The molecule has 0 heterocycles. The lowest BCUT2D eigenvalue weighted by molar-refractivity contribution is -0.131.